The maximum atomic E-state index is 12.4. The third-order valence-electron chi connectivity index (χ3n) is 4.18. The number of hydrogen-bond acceptors (Lipinski definition) is 4. The molecule has 5 nitrogen and oxygen atoms in total. The Morgan fingerprint density at radius 2 is 2.21 bits per heavy atom. The molecule has 0 amide bonds. The second-order valence-corrected chi connectivity index (χ2v) is 5.73. The Kier molecular flexibility index (Phi) is 3.55. The van der Waals surface area contributed by atoms with Gasteiger partial charge in [-0.25, -0.2) is 4.98 Å². The van der Waals surface area contributed by atoms with Gasteiger partial charge >= 0.3 is 0 Å². The number of rotatable bonds is 4. The van der Waals surface area contributed by atoms with Crippen molar-refractivity contribution < 1.29 is 0 Å². The lowest BCUT2D eigenvalue weighted by molar-refractivity contribution is 0.393. The summed E-state index contributed by atoms with van der Waals surface area (Å²) in [6, 6.07) is 0.416. The van der Waals surface area contributed by atoms with E-state index < -0.39 is 0 Å². The summed E-state index contributed by atoms with van der Waals surface area (Å²) >= 11 is 0. The van der Waals surface area contributed by atoms with E-state index >= 15 is 0 Å². The Morgan fingerprint density at radius 3 is 2.95 bits per heavy atom. The molecule has 104 valence electrons. The molecule has 1 aromatic rings. The Morgan fingerprint density at radius 1 is 1.37 bits per heavy atom. The number of nitrogens with zero attached hydrogens (tertiary/aromatic N) is 3. The van der Waals surface area contributed by atoms with E-state index in [0.717, 1.165) is 45.3 Å². The van der Waals surface area contributed by atoms with Gasteiger partial charge in [0.25, 0.3) is 5.56 Å². The van der Waals surface area contributed by atoms with Crippen molar-refractivity contribution in [3.8, 4) is 0 Å². The zero-order valence-corrected chi connectivity index (χ0v) is 11.3. The van der Waals surface area contributed by atoms with Crippen LogP contribution in [0.1, 0.15) is 38.1 Å². The van der Waals surface area contributed by atoms with E-state index in [1.54, 1.807) is 6.20 Å². The van der Waals surface area contributed by atoms with Crippen molar-refractivity contribution in [1.29, 1.82) is 0 Å². The number of aromatic nitrogens is 2. The van der Waals surface area contributed by atoms with Crippen LogP contribution in [0.2, 0.25) is 0 Å². The molecule has 2 heterocycles. The van der Waals surface area contributed by atoms with Gasteiger partial charge < -0.3 is 15.2 Å². The van der Waals surface area contributed by atoms with Gasteiger partial charge in [-0.05, 0) is 44.6 Å². The molecule has 19 heavy (non-hydrogen) atoms. The lowest BCUT2D eigenvalue weighted by atomic mass is 9.95. The maximum absolute atomic E-state index is 12.4. The lowest BCUT2D eigenvalue weighted by Crippen LogP contribution is -2.40. The molecule has 1 aliphatic carbocycles. The first-order chi connectivity index (χ1) is 9.29. The fourth-order valence-electron chi connectivity index (χ4n) is 3.00. The van der Waals surface area contributed by atoms with Crippen LogP contribution in [0.25, 0.3) is 0 Å². The predicted molar refractivity (Wildman–Crippen MR) is 75.4 cm³/mol. The van der Waals surface area contributed by atoms with Crippen LogP contribution < -0.4 is 16.2 Å². The predicted octanol–water partition coefficient (Wildman–Crippen LogP) is 1.14. The van der Waals surface area contributed by atoms with Crippen molar-refractivity contribution in [2.24, 2.45) is 11.7 Å². The average molecular weight is 262 g/mol. The molecule has 1 atom stereocenters. The number of anilines is 1. The highest BCUT2D eigenvalue weighted by Gasteiger charge is 2.28. The van der Waals surface area contributed by atoms with Crippen molar-refractivity contribution >= 4 is 5.82 Å². The molecule has 0 radical (unpaired) electrons. The second kappa shape index (κ2) is 5.33. The van der Waals surface area contributed by atoms with Crippen molar-refractivity contribution in [2.75, 3.05) is 24.5 Å². The van der Waals surface area contributed by atoms with Crippen LogP contribution in [0.4, 0.5) is 5.82 Å². The van der Waals surface area contributed by atoms with Crippen LogP contribution in [0.3, 0.4) is 0 Å². The number of nitrogens with two attached hydrogens (primary N) is 1. The molecule has 1 aromatic heterocycles. The molecule has 1 saturated heterocycles. The Bertz CT molecular complexity index is 492. The lowest BCUT2D eigenvalue weighted by Gasteiger charge is -2.33. The first-order valence-corrected chi connectivity index (χ1v) is 7.31. The van der Waals surface area contributed by atoms with Gasteiger partial charge in [-0.15, -0.1) is 0 Å². The first kappa shape index (κ1) is 12.7. The quantitative estimate of drug-likeness (QED) is 0.884. The Balaban J connectivity index is 1.81. The minimum atomic E-state index is 0.0819. The SMILES string of the molecule is NCCC1CCCN(c2nccn(C3CC3)c2=O)C1. The third kappa shape index (κ3) is 2.66. The molecule has 3 rings (SSSR count). The van der Waals surface area contributed by atoms with Gasteiger partial charge in [0, 0.05) is 31.5 Å². The molecule has 1 saturated carbocycles. The van der Waals surface area contributed by atoms with Gasteiger partial charge in [-0.2, -0.15) is 0 Å². The monoisotopic (exact) mass is 262 g/mol. The number of piperidine rings is 1. The largest absolute Gasteiger partial charge is 0.352 e. The van der Waals surface area contributed by atoms with Gasteiger partial charge in [-0.3, -0.25) is 4.79 Å². The molecule has 0 bridgehead atoms. The molecule has 2 fully saturated rings. The highest BCUT2D eigenvalue weighted by atomic mass is 16.1. The van der Waals surface area contributed by atoms with Gasteiger partial charge in [0.05, 0.1) is 0 Å². The molecule has 1 aliphatic heterocycles. The molecule has 2 aliphatic rings. The smallest absolute Gasteiger partial charge is 0.293 e. The van der Waals surface area contributed by atoms with Crippen LogP contribution >= 0.6 is 0 Å². The van der Waals surface area contributed by atoms with E-state index in [1.807, 2.05) is 10.8 Å². The van der Waals surface area contributed by atoms with Crippen LogP contribution in [-0.2, 0) is 0 Å². The van der Waals surface area contributed by atoms with E-state index in [-0.39, 0.29) is 5.56 Å². The molecule has 0 aromatic carbocycles. The standard InChI is InChI=1S/C14H22N4O/c15-6-5-11-2-1-8-17(10-11)13-14(19)18(9-7-16-13)12-3-4-12/h7,9,11-12H,1-6,8,10,15H2. The van der Waals surface area contributed by atoms with E-state index in [4.69, 9.17) is 5.73 Å². The molecular formula is C14H22N4O. The molecular weight excluding hydrogens is 240 g/mol. The van der Waals surface area contributed by atoms with Gasteiger partial charge in [-0.1, -0.05) is 0 Å². The van der Waals surface area contributed by atoms with Crippen molar-refractivity contribution in [3.05, 3.63) is 22.7 Å². The van der Waals surface area contributed by atoms with Gasteiger partial charge in [0.2, 0.25) is 0 Å². The Labute approximate surface area is 113 Å². The summed E-state index contributed by atoms with van der Waals surface area (Å²) in [7, 11) is 0. The fraction of sp³-hybridized carbons (Fsp3) is 0.714. The second-order valence-electron chi connectivity index (χ2n) is 5.73. The summed E-state index contributed by atoms with van der Waals surface area (Å²) in [5, 5.41) is 0. The average Bonchev–Trinajstić information content (AvgIpc) is 3.24. The minimum absolute atomic E-state index is 0.0819. The zero-order chi connectivity index (χ0) is 13.2. The Hall–Kier alpha value is -1.36. The highest BCUT2D eigenvalue weighted by Crippen LogP contribution is 2.33. The third-order valence-corrected chi connectivity index (χ3v) is 4.18. The van der Waals surface area contributed by atoms with E-state index in [1.165, 1.54) is 6.42 Å². The first-order valence-electron chi connectivity index (χ1n) is 7.31. The number of hydrogen-bond donors (Lipinski definition) is 1. The van der Waals surface area contributed by atoms with Gasteiger partial charge in [0.15, 0.2) is 5.82 Å². The minimum Gasteiger partial charge on any atom is -0.352 e. The summed E-state index contributed by atoms with van der Waals surface area (Å²) in [6.45, 7) is 2.60. The molecule has 1 unspecified atom stereocenters. The van der Waals surface area contributed by atoms with Crippen molar-refractivity contribution in [1.82, 2.24) is 9.55 Å². The van der Waals surface area contributed by atoms with Gasteiger partial charge in [0.1, 0.15) is 0 Å². The molecule has 2 N–H and O–H groups in total. The summed E-state index contributed by atoms with van der Waals surface area (Å²) < 4.78 is 1.86. The summed E-state index contributed by atoms with van der Waals surface area (Å²) in [5.41, 5.74) is 5.73. The summed E-state index contributed by atoms with van der Waals surface area (Å²) in [6.07, 6.45) is 9.23. The van der Waals surface area contributed by atoms with E-state index in [0.29, 0.717) is 17.8 Å². The van der Waals surface area contributed by atoms with Crippen LogP contribution in [0.15, 0.2) is 17.2 Å². The van der Waals surface area contributed by atoms with Crippen LogP contribution in [0, 0.1) is 5.92 Å². The van der Waals surface area contributed by atoms with Crippen molar-refractivity contribution in [2.45, 2.75) is 38.1 Å². The summed E-state index contributed by atoms with van der Waals surface area (Å²) in [4.78, 5) is 18.9. The highest BCUT2D eigenvalue weighted by molar-refractivity contribution is 5.36. The molecule has 0 spiro atoms. The molecule has 5 heteroatoms. The maximum Gasteiger partial charge on any atom is 0.293 e. The van der Waals surface area contributed by atoms with Crippen LogP contribution in [-0.4, -0.2) is 29.2 Å². The fourth-order valence-corrected chi connectivity index (χ4v) is 3.00. The normalized spacial score (nSPS) is 23.6. The van der Waals surface area contributed by atoms with E-state index in [9.17, 15) is 4.79 Å². The topological polar surface area (TPSA) is 64.2 Å². The van der Waals surface area contributed by atoms with Crippen LogP contribution in [0.5, 0.6) is 0 Å². The summed E-state index contributed by atoms with van der Waals surface area (Å²) in [5.74, 6) is 1.24. The van der Waals surface area contributed by atoms with Crippen molar-refractivity contribution in [3.63, 3.8) is 0 Å². The van der Waals surface area contributed by atoms with E-state index in [2.05, 4.69) is 9.88 Å². The zero-order valence-electron chi connectivity index (χ0n) is 11.3.